The second kappa shape index (κ2) is 7.38. The van der Waals surface area contributed by atoms with Gasteiger partial charge in [-0.15, -0.1) is 0 Å². The third kappa shape index (κ3) is 4.15. The first-order valence-corrected chi connectivity index (χ1v) is 7.25. The van der Waals surface area contributed by atoms with Crippen LogP contribution in [0.2, 0.25) is 0 Å². The van der Waals surface area contributed by atoms with Crippen molar-refractivity contribution in [3.05, 3.63) is 23.9 Å². The Labute approximate surface area is 125 Å². The van der Waals surface area contributed by atoms with Gasteiger partial charge in [-0.05, 0) is 25.0 Å². The molecule has 0 aliphatic carbocycles. The fraction of sp³-hybridized carbons (Fsp3) is 0.600. The van der Waals surface area contributed by atoms with E-state index >= 15 is 0 Å². The van der Waals surface area contributed by atoms with Gasteiger partial charge in [0.2, 0.25) is 0 Å². The summed E-state index contributed by atoms with van der Waals surface area (Å²) in [4.78, 5) is 20.3. The fourth-order valence-corrected chi connectivity index (χ4v) is 2.52. The van der Waals surface area contributed by atoms with Gasteiger partial charge < -0.3 is 19.6 Å². The molecular weight excluding hydrogens is 270 g/mol. The summed E-state index contributed by atoms with van der Waals surface area (Å²) in [7, 11) is 3.39. The van der Waals surface area contributed by atoms with E-state index in [1.165, 1.54) is 0 Å². The number of likely N-dealkylation sites (tertiary alicyclic amines) is 1. The molecule has 6 nitrogen and oxygen atoms in total. The van der Waals surface area contributed by atoms with Crippen LogP contribution in [0.1, 0.15) is 23.2 Å². The maximum Gasteiger partial charge on any atom is 0.254 e. The van der Waals surface area contributed by atoms with E-state index in [2.05, 4.69) is 4.98 Å². The van der Waals surface area contributed by atoms with Gasteiger partial charge in [-0.3, -0.25) is 4.79 Å². The second-order valence-electron chi connectivity index (χ2n) is 5.39. The number of methoxy groups -OCH3 is 1. The van der Waals surface area contributed by atoms with E-state index in [0.717, 1.165) is 25.9 Å². The Hall–Kier alpha value is -1.66. The molecule has 1 amide bonds. The van der Waals surface area contributed by atoms with Crippen molar-refractivity contribution in [3.8, 4) is 0 Å². The SMILES string of the molecule is COCC(O)CN(C)c1cc(C(=O)N2CCCC2)ccn1. The normalized spacial score (nSPS) is 16.0. The van der Waals surface area contributed by atoms with Crippen LogP contribution < -0.4 is 4.90 Å². The lowest BCUT2D eigenvalue weighted by molar-refractivity contribution is 0.0694. The molecule has 0 spiro atoms. The number of carbonyl (C=O) groups excluding carboxylic acids is 1. The number of carbonyl (C=O) groups is 1. The smallest absolute Gasteiger partial charge is 0.254 e. The monoisotopic (exact) mass is 293 g/mol. The van der Waals surface area contributed by atoms with Gasteiger partial charge in [-0.1, -0.05) is 0 Å². The van der Waals surface area contributed by atoms with Gasteiger partial charge in [0.05, 0.1) is 12.7 Å². The molecule has 0 bridgehead atoms. The van der Waals surface area contributed by atoms with Crippen molar-refractivity contribution in [1.82, 2.24) is 9.88 Å². The molecule has 0 radical (unpaired) electrons. The van der Waals surface area contributed by atoms with Crippen LogP contribution >= 0.6 is 0 Å². The third-order valence-corrected chi connectivity index (χ3v) is 3.62. The summed E-state index contributed by atoms with van der Waals surface area (Å²) in [5.41, 5.74) is 0.648. The zero-order valence-corrected chi connectivity index (χ0v) is 12.7. The van der Waals surface area contributed by atoms with Crippen LogP contribution in [-0.4, -0.2) is 67.4 Å². The Kier molecular flexibility index (Phi) is 5.52. The number of amides is 1. The summed E-state index contributed by atoms with van der Waals surface area (Å²) in [5.74, 6) is 0.734. The van der Waals surface area contributed by atoms with E-state index in [9.17, 15) is 9.90 Å². The molecule has 1 aliphatic rings. The lowest BCUT2D eigenvalue weighted by atomic mass is 10.2. The lowest BCUT2D eigenvalue weighted by Crippen LogP contribution is -2.33. The van der Waals surface area contributed by atoms with E-state index in [4.69, 9.17) is 4.74 Å². The summed E-state index contributed by atoms with van der Waals surface area (Å²) < 4.78 is 4.91. The van der Waals surface area contributed by atoms with Crippen molar-refractivity contribution in [2.24, 2.45) is 0 Å². The van der Waals surface area contributed by atoms with Gasteiger partial charge in [0.25, 0.3) is 5.91 Å². The van der Waals surface area contributed by atoms with E-state index in [1.807, 2.05) is 16.8 Å². The molecule has 0 saturated carbocycles. The van der Waals surface area contributed by atoms with Gasteiger partial charge in [0, 0.05) is 45.6 Å². The van der Waals surface area contributed by atoms with Crippen LogP contribution in [0.25, 0.3) is 0 Å². The first-order chi connectivity index (χ1) is 10.1. The van der Waals surface area contributed by atoms with Crippen molar-refractivity contribution in [3.63, 3.8) is 0 Å². The number of rotatable bonds is 6. The minimum Gasteiger partial charge on any atom is -0.389 e. The van der Waals surface area contributed by atoms with Crippen LogP contribution in [0.15, 0.2) is 18.3 Å². The highest BCUT2D eigenvalue weighted by molar-refractivity contribution is 5.95. The molecule has 1 unspecified atom stereocenters. The van der Waals surface area contributed by atoms with Crippen molar-refractivity contribution in [2.45, 2.75) is 18.9 Å². The zero-order chi connectivity index (χ0) is 15.2. The van der Waals surface area contributed by atoms with Crippen LogP contribution in [0.5, 0.6) is 0 Å². The molecule has 21 heavy (non-hydrogen) atoms. The van der Waals surface area contributed by atoms with Gasteiger partial charge in [0.1, 0.15) is 5.82 Å². The lowest BCUT2D eigenvalue weighted by Gasteiger charge is -2.22. The van der Waals surface area contributed by atoms with Crippen LogP contribution in [0, 0.1) is 0 Å². The van der Waals surface area contributed by atoms with Gasteiger partial charge >= 0.3 is 0 Å². The number of nitrogens with zero attached hydrogens (tertiary/aromatic N) is 3. The number of ether oxygens (including phenoxy) is 1. The molecule has 1 atom stereocenters. The maximum atomic E-state index is 12.4. The van der Waals surface area contributed by atoms with Gasteiger partial charge in [-0.25, -0.2) is 4.98 Å². The van der Waals surface area contributed by atoms with Crippen LogP contribution in [0.4, 0.5) is 5.82 Å². The first-order valence-electron chi connectivity index (χ1n) is 7.25. The number of likely N-dealkylation sites (N-methyl/N-ethyl adjacent to an activating group) is 1. The quantitative estimate of drug-likeness (QED) is 0.839. The topological polar surface area (TPSA) is 65.9 Å². The summed E-state index contributed by atoms with van der Waals surface area (Å²) in [6, 6.07) is 3.52. The van der Waals surface area contributed by atoms with Crippen molar-refractivity contribution >= 4 is 11.7 Å². The number of aromatic nitrogens is 1. The largest absolute Gasteiger partial charge is 0.389 e. The number of pyridine rings is 1. The van der Waals surface area contributed by atoms with E-state index in [0.29, 0.717) is 17.9 Å². The summed E-state index contributed by atoms with van der Waals surface area (Å²) in [5, 5.41) is 9.76. The highest BCUT2D eigenvalue weighted by Crippen LogP contribution is 2.16. The molecular formula is C15H23N3O3. The fourth-order valence-electron chi connectivity index (χ4n) is 2.52. The predicted octanol–water partition coefficient (Wildman–Crippen LogP) is 0.761. The Morgan fingerprint density at radius 2 is 2.24 bits per heavy atom. The molecule has 2 heterocycles. The Bertz CT molecular complexity index is 475. The number of aliphatic hydroxyl groups excluding tert-OH is 1. The van der Waals surface area contributed by atoms with Crippen molar-refractivity contribution in [1.29, 1.82) is 0 Å². The summed E-state index contributed by atoms with van der Waals surface area (Å²) in [6.45, 7) is 2.34. The number of anilines is 1. The highest BCUT2D eigenvalue weighted by Gasteiger charge is 2.20. The Morgan fingerprint density at radius 3 is 2.90 bits per heavy atom. The summed E-state index contributed by atoms with van der Waals surface area (Å²) in [6.07, 6.45) is 3.21. The molecule has 1 aromatic rings. The third-order valence-electron chi connectivity index (χ3n) is 3.62. The van der Waals surface area contributed by atoms with Crippen molar-refractivity contribution < 1.29 is 14.6 Å². The minimum atomic E-state index is -0.584. The maximum absolute atomic E-state index is 12.4. The molecule has 2 rings (SSSR count). The van der Waals surface area contributed by atoms with Gasteiger partial charge in [0.15, 0.2) is 0 Å². The van der Waals surface area contributed by atoms with Crippen LogP contribution in [-0.2, 0) is 4.74 Å². The first kappa shape index (κ1) is 15.7. The average Bonchev–Trinajstić information content (AvgIpc) is 3.01. The summed E-state index contributed by atoms with van der Waals surface area (Å²) >= 11 is 0. The molecule has 1 N–H and O–H groups in total. The molecule has 1 aliphatic heterocycles. The second-order valence-corrected chi connectivity index (χ2v) is 5.39. The minimum absolute atomic E-state index is 0.0574. The van der Waals surface area contributed by atoms with E-state index in [-0.39, 0.29) is 12.5 Å². The molecule has 116 valence electrons. The Morgan fingerprint density at radius 1 is 1.52 bits per heavy atom. The Balaban J connectivity index is 2.04. The number of hydrogen-bond acceptors (Lipinski definition) is 5. The van der Waals surface area contributed by atoms with E-state index in [1.54, 1.807) is 25.4 Å². The molecule has 1 saturated heterocycles. The molecule has 1 aromatic heterocycles. The number of aliphatic hydroxyl groups is 1. The standard InChI is InChI=1S/C15H23N3O3/c1-17(10-13(19)11-21-2)14-9-12(5-6-16-14)15(20)18-7-3-4-8-18/h5-6,9,13,19H,3-4,7-8,10-11H2,1-2H3. The van der Waals surface area contributed by atoms with Gasteiger partial charge in [-0.2, -0.15) is 0 Å². The zero-order valence-electron chi connectivity index (χ0n) is 12.7. The average molecular weight is 293 g/mol. The molecule has 6 heteroatoms. The molecule has 0 aromatic carbocycles. The number of hydrogen-bond donors (Lipinski definition) is 1. The van der Waals surface area contributed by atoms with E-state index < -0.39 is 6.10 Å². The molecule has 1 fully saturated rings. The highest BCUT2D eigenvalue weighted by atomic mass is 16.5. The van der Waals surface area contributed by atoms with Crippen LogP contribution in [0.3, 0.4) is 0 Å². The predicted molar refractivity (Wildman–Crippen MR) is 80.5 cm³/mol. The van der Waals surface area contributed by atoms with Crippen molar-refractivity contribution in [2.75, 3.05) is 45.3 Å².